The van der Waals surface area contributed by atoms with Gasteiger partial charge < -0.3 is 19.7 Å². The molecule has 1 aromatic rings. The fourth-order valence-electron chi connectivity index (χ4n) is 1.90. The summed E-state index contributed by atoms with van der Waals surface area (Å²) in [6.07, 6.45) is -0.852. The SMILES string of the molecule is COCCC(CC(=O)Oc1ccccc1)=C(CC(=O)O)C(=O)O. The van der Waals surface area contributed by atoms with Crippen molar-refractivity contribution in [3.63, 3.8) is 0 Å². The first-order valence-corrected chi connectivity index (χ1v) is 6.84. The second-order valence-corrected chi connectivity index (χ2v) is 4.66. The first-order valence-electron chi connectivity index (χ1n) is 6.84. The van der Waals surface area contributed by atoms with Crippen molar-refractivity contribution in [1.29, 1.82) is 0 Å². The second kappa shape index (κ2) is 9.37. The van der Waals surface area contributed by atoms with E-state index in [-0.39, 0.29) is 30.6 Å². The standard InChI is InChI=1S/C16H18O7/c1-22-8-7-11(13(16(20)21)10-14(17)18)9-15(19)23-12-5-3-2-4-6-12/h2-6H,7-10H2,1H3,(H,17,18)(H,20,21). The Kier molecular flexibility index (Phi) is 7.49. The van der Waals surface area contributed by atoms with Crippen LogP contribution in [0.3, 0.4) is 0 Å². The monoisotopic (exact) mass is 322 g/mol. The number of ether oxygens (including phenoxy) is 2. The van der Waals surface area contributed by atoms with Crippen molar-refractivity contribution in [1.82, 2.24) is 0 Å². The number of rotatable bonds is 9. The molecule has 0 aliphatic rings. The molecule has 0 saturated carbocycles. The van der Waals surface area contributed by atoms with Crippen molar-refractivity contribution in [2.24, 2.45) is 0 Å². The van der Waals surface area contributed by atoms with Gasteiger partial charge in [-0.25, -0.2) is 4.79 Å². The molecule has 0 aliphatic carbocycles. The van der Waals surface area contributed by atoms with Crippen LogP contribution >= 0.6 is 0 Å². The highest BCUT2D eigenvalue weighted by Crippen LogP contribution is 2.19. The lowest BCUT2D eigenvalue weighted by Gasteiger charge is -2.11. The largest absolute Gasteiger partial charge is 0.481 e. The maximum Gasteiger partial charge on any atom is 0.332 e. The summed E-state index contributed by atoms with van der Waals surface area (Å²) in [5, 5.41) is 18.0. The van der Waals surface area contributed by atoms with Gasteiger partial charge in [0.25, 0.3) is 0 Å². The summed E-state index contributed by atoms with van der Waals surface area (Å²) in [4.78, 5) is 34.1. The molecule has 0 aromatic heterocycles. The van der Waals surface area contributed by atoms with Crippen molar-refractivity contribution in [2.45, 2.75) is 19.3 Å². The van der Waals surface area contributed by atoms with Gasteiger partial charge in [-0.3, -0.25) is 9.59 Å². The molecule has 0 radical (unpaired) electrons. The summed E-state index contributed by atoms with van der Waals surface area (Å²) in [7, 11) is 1.43. The van der Waals surface area contributed by atoms with Crippen molar-refractivity contribution in [3.8, 4) is 5.75 Å². The van der Waals surface area contributed by atoms with Crippen LogP contribution < -0.4 is 4.74 Å². The number of carboxylic acid groups (broad SMARTS) is 2. The van der Waals surface area contributed by atoms with Crippen LogP contribution in [0.15, 0.2) is 41.5 Å². The molecule has 0 heterocycles. The fourth-order valence-corrected chi connectivity index (χ4v) is 1.90. The molecular formula is C16H18O7. The van der Waals surface area contributed by atoms with Gasteiger partial charge in [0.15, 0.2) is 0 Å². The average molecular weight is 322 g/mol. The molecule has 0 spiro atoms. The molecule has 0 saturated heterocycles. The zero-order valence-corrected chi connectivity index (χ0v) is 12.7. The third-order valence-electron chi connectivity index (χ3n) is 2.95. The lowest BCUT2D eigenvalue weighted by atomic mass is 9.99. The zero-order chi connectivity index (χ0) is 17.2. The summed E-state index contributed by atoms with van der Waals surface area (Å²) in [5.41, 5.74) is -0.137. The van der Waals surface area contributed by atoms with Crippen LogP contribution in [0, 0.1) is 0 Å². The molecule has 124 valence electrons. The number of hydrogen-bond acceptors (Lipinski definition) is 5. The summed E-state index contributed by atoms with van der Waals surface area (Å²) >= 11 is 0. The lowest BCUT2D eigenvalue weighted by molar-refractivity contribution is -0.140. The van der Waals surface area contributed by atoms with Crippen LogP contribution in [0.5, 0.6) is 5.75 Å². The van der Waals surface area contributed by atoms with E-state index in [4.69, 9.17) is 14.6 Å². The maximum atomic E-state index is 12.0. The highest BCUT2D eigenvalue weighted by molar-refractivity contribution is 5.94. The van der Waals surface area contributed by atoms with Gasteiger partial charge in [0, 0.05) is 19.3 Å². The van der Waals surface area contributed by atoms with E-state index in [2.05, 4.69) is 0 Å². The fraction of sp³-hybridized carbons (Fsp3) is 0.312. The smallest absolute Gasteiger partial charge is 0.332 e. The normalized spacial score (nSPS) is 11.5. The molecule has 0 aliphatic heterocycles. The number of methoxy groups -OCH3 is 1. The summed E-state index contributed by atoms with van der Waals surface area (Å²) in [5.74, 6) is -2.98. The molecule has 0 fully saturated rings. The molecule has 2 N–H and O–H groups in total. The highest BCUT2D eigenvalue weighted by atomic mass is 16.5. The topological polar surface area (TPSA) is 110 Å². The Morgan fingerprint density at radius 3 is 2.22 bits per heavy atom. The molecule has 0 amide bonds. The predicted molar refractivity (Wildman–Crippen MR) is 80.1 cm³/mol. The van der Waals surface area contributed by atoms with Crippen LogP contribution in [0.2, 0.25) is 0 Å². The Labute approximate surface area is 133 Å². The first kappa shape index (κ1) is 18.4. The van der Waals surface area contributed by atoms with Crippen LogP contribution in [-0.4, -0.2) is 41.8 Å². The van der Waals surface area contributed by atoms with E-state index in [0.29, 0.717) is 5.75 Å². The number of aliphatic carboxylic acids is 2. The minimum atomic E-state index is -1.37. The van der Waals surface area contributed by atoms with E-state index < -0.39 is 24.3 Å². The number of carbonyl (C=O) groups excluding carboxylic acids is 1. The summed E-state index contributed by atoms with van der Waals surface area (Å²) in [6.45, 7) is 0.171. The Bertz CT molecular complexity index is 590. The molecule has 0 unspecified atom stereocenters. The van der Waals surface area contributed by atoms with Crippen LogP contribution in [0.25, 0.3) is 0 Å². The molecule has 23 heavy (non-hydrogen) atoms. The Morgan fingerprint density at radius 1 is 1.04 bits per heavy atom. The second-order valence-electron chi connectivity index (χ2n) is 4.66. The molecule has 0 bridgehead atoms. The van der Waals surface area contributed by atoms with E-state index in [1.165, 1.54) is 7.11 Å². The van der Waals surface area contributed by atoms with Gasteiger partial charge in [-0.05, 0) is 24.1 Å². The quantitative estimate of drug-likeness (QED) is 0.405. The maximum absolute atomic E-state index is 12.0. The van der Waals surface area contributed by atoms with E-state index in [0.717, 1.165) is 0 Å². The molecule has 0 atom stereocenters. The number of carbonyl (C=O) groups is 3. The highest BCUT2D eigenvalue weighted by Gasteiger charge is 2.20. The summed E-state index contributed by atoms with van der Waals surface area (Å²) in [6, 6.07) is 8.32. The van der Waals surface area contributed by atoms with Crippen molar-refractivity contribution < 1.29 is 34.1 Å². The molecule has 1 aromatic carbocycles. The predicted octanol–water partition coefficient (Wildman–Crippen LogP) is 1.87. The zero-order valence-electron chi connectivity index (χ0n) is 12.7. The van der Waals surface area contributed by atoms with Gasteiger partial charge in [0.2, 0.25) is 0 Å². The Hall–Kier alpha value is -2.67. The van der Waals surface area contributed by atoms with Crippen molar-refractivity contribution >= 4 is 17.9 Å². The number of esters is 1. The van der Waals surface area contributed by atoms with Crippen LogP contribution in [-0.2, 0) is 19.1 Å². The van der Waals surface area contributed by atoms with E-state index in [1.807, 2.05) is 0 Å². The summed E-state index contributed by atoms with van der Waals surface area (Å²) < 4.78 is 9.99. The third kappa shape index (κ3) is 6.75. The third-order valence-corrected chi connectivity index (χ3v) is 2.95. The molecule has 7 heteroatoms. The van der Waals surface area contributed by atoms with E-state index in [9.17, 15) is 19.5 Å². The lowest BCUT2D eigenvalue weighted by Crippen LogP contribution is -2.16. The average Bonchev–Trinajstić information content (AvgIpc) is 2.49. The number of hydrogen-bond donors (Lipinski definition) is 2. The molecule has 7 nitrogen and oxygen atoms in total. The number of para-hydroxylation sites is 1. The van der Waals surface area contributed by atoms with Gasteiger partial charge >= 0.3 is 17.9 Å². The van der Waals surface area contributed by atoms with Gasteiger partial charge in [-0.1, -0.05) is 18.2 Å². The number of carboxylic acids is 2. The molecule has 1 rings (SSSR count). The Morgan fingerprint density at radius 2 is 1.70 bits per heavy atom. The molecular weight excluding hydrogens is 304 g/mol. The minimum absolute atomic E-state index is 0.134. The number of benzene rings is 1. The van der Waals surface area contributed by atoms with E-state index >= 15 is 0 Å². The first-order chi connectivity index (χ1) is 10.9. The van der Waals surface area contributed by atoms with Gasteiger partial charge in [-0.15, -0.1) is 0 Å². The van der Waals surface area contributed by atoms with E-state index in [1.54, 1.807) is 30.3 Å². The van der Waals surface area contributed by atoms with Gasteiger partial charge in [-0.2, -0.15) is 0 Å². The van der Waals surface area contributed by atoms with Crippen molar-refractivity contribution in [3.05, 3.63) is 41.5 Å². The van der Waals surface area contributed by atoms with Gasteiger partial charge in [0.05, 0.1) is 12.8 Å². The van der Waals surface area contributed by atoms with Crippen molar-refractivity contribution in [2.75, 3.05) is 13.7 Å². The minimum Gasteiger partial charge on any atom is -0.481 e. The van der Waals surface area contributed by atoms with Gasteiger partial charge in [0.1, 0.15) is 5.75 Å². The van der Waals surface area contributed by atoms with Crippen LogP contribution in [0.4, 0.5) is 0 Å². The van der Waals surface area contributed by atoms with Crippen LogP contribution in [0.1, 0.15) is 19.3 Å². The Balaban J connectivity index is 2.93.